The molecule has 0 saturated carbocycles. The fourth-order valence-corrected chi connectivity index (χ4v) is 1.93. The topological polar surface area (TPSA) is 46.0 Å². The lowest BCUT2D eigenvalue weighted by molar-refractivity contribution is 0.604. The Morgan fingerprint density at radius 1 is 1.64 bits per heavy atom. The normalized spacial score (nSPS) is 21.9. The quantitative estimate of drug-likeness (QED) is 0.743. The van der Waals surface area contributed by atoms with Gasteiger partial charge in [0.2, 0.25) is 0 Å². The van der Waals surface area contributed by atoms with Gasteiger partial charge in [-0.25, -0.2) is 4.68 Å². The number of hydrogen-bond donors (Lipinski definition) is 1. The second-order valence-electron chi connectivity index (χ2n) is 3.63. The minimum atomic E-state index is 0.607. The van der Waals surface area contributed by atoms with Crippen LogP contribution in [0.3, 0.4) is 0 Å². The van der Waals surface area contributed by atoms with Crippen molar-refractivity contribution in [1.29, 1.82) is 0 Å². The molecule has 5 nitrogen and oxygen atoms in total. The highest BCUT2D eigenvalue weighted by Crippen LogP contribution is 2.18. The van der Waals surface area contributed by atoms with Crippen LogP contribution >= 0.6 is 0 Å². The SMILES string of the molecule is CCn1nncc1N1CCC(NC)C1. The minimum Gasteiger partial charge on any atom is -0.354 e. The number of nitrogens with zero attached hydrogens (tertiary/aromatic N) is 4. The van der Waals surface area contributed by atoms with E-state index in [2.05, 4.69) is 27.5 Å². The molecular weight excluding hydrogens is 178 g/mol. The molecule has 1 aromatic heterocycles. The molecule has 1 aromatic rings. The molecule has 1 atom stereocenters. The molecule has 1 aliphatic heterocycles. The molecule has 0 bridgehead atoms. The molecule has 0 aliphatic carbocycles. The third kappa shape index (κ3) is 1.59. The van der Waals surface area contributed by atoms with Crippen LogP contribution in [-0.2, 0) is 6.54 Å². The fraction of sp³-hybridized carbons (Fsp3) is 0.778. The summed E-state index contributed by atoms with van der Waals surface area (Å²) >= 11 is 0. The molecule has 0 spiro atoms. The lowest BCUT2D eigenvalue weighted by atomic mass is 10.3. The van der Waals surface area contributed by atoms with Gasteiger partial charge in [0.25, 0.3) is 0 Å². The van der Waals surface area contributed by atoms with Crippen molar-refractivity contribution < 1.29 is 0 Å². The van der Waals surface area contributed by atoms with E-state index in [0.29, 0.717) is 6.04 Å². The van der Waals surface area contributed by atoms with E-state index in [9.17, 15) is 0 Å². The van der Waals surface area contributed by atoms with Gasteiger partial charge in [-0.1, -0.05) is 5.21 Å². The average molecular weight is 195 g/mol. The molecule has 5 heteroatoms. The van der Waals surface area contributed by atoms with Crippen molar-refractivity contribution in [3.8, 4) is 0 Å². The number of anilines is 1. The number of hydrogen-bond acceptors (Lipinski definition) is 4. The van der Waals surface area contributed by atoms with Gasteiger partial charge in [0.15, 0.2) is 0 Å². The molecule has 0 aromatic carbocycles. The van der Waals surface area contributed by atoms with E-state index >= 15 is 0 Å². The van der Waals surface area contributed by atoms with Crippen LogP contribution in [0.4, 0.5) is 5.82 Å². The van der Waals surface area contributed by atoms with Crippen LogP contribution in [0.15, 0.2) is 6.20 Å². The molecule has 1 saturated heterocycles. The Balaban J connectivity index is 2.09. The molecule has 2 rings (SSSR count). The predicted octanol–water partition coefficient (Wildman–Crippen LogP) is 0.0961. The Labute approximate surface area is 84.1 Å². The lowest BCUT2D eigenvalue weighted by Gasteiger charge is -2.17. The third-order valence-corrected chi connectivity index (χ3v) is 2.82. The first-order valence-electron chi connectivity index (χ1n) is 5.16. The Bertz CT molecular complexity index is 295. The molecule has 2 heterocycles. The van der Waals surface area contributed by atoms with Gasteiger partial charge in [0.1, 0.15) is 5.82 Å². The zero-order valence-corrected chi connectivity index (χ0v) is 8.77. The lowest BCUT2D eigenvalue weighted by Crippen LogP contribution is -2.30. The molecule has 0 amide bonds. The standard InChI is InChI=1S/C9H17N5/c1-3-14-9(6-11-12-14)13-5-4-8(7-13)10-2/h6,8,10H,3-5,7H2,1-2H3. The van der Waals surface area contributed by atoms with E-state index in [4.69, 9.17) is 0 Å². The van der Waals surface area contributed by atoms with Gasteiger partial charge < -0.3 is 10.2 Å². The Morgan fingerprint density at radius 3 is 3.14 bits per heavy atom. The number of likely N-dealkylation sites (N-methyl/N-ethyl adjacent to an activating group) is 1. The van der Waals surface area contributed by atoms with Crippen LogP contribution in [0.5, 0.6) is 0 Å². The second kappa shape index (κ2) is 3.96. The third-order valence-electron chi connectivity index (χ3n) is 2.82. The summed E-state index contributed by atoms with van der Waals surface area (Å²) in [7, 11) is 2.02. The van der Waals surface area contributed by atoms with Crippen molar-refractivity contribution in [2.75, 3.05) is 25.0 Å². The van der Waals surface area contributed by atoms with Gasteiger partial charge in [0, 0.05) is 25.7 Å². The van der Waals surface area contributed by atoms with Crippen LogP contribution in [-0.4, -0.2) is 41.2 Å². The monoisotopic (exact) mass is 195 g/mol. The maximum atomic E-state index is 4.03. The van der Waals surface area contributed by atoms with Crippen molar-refractivity contribution in [1.82, 2.24) is 20.3 Å². The molecule has 1 unspecified atom stereocenters. The maximum Gasteiger partial charge on any atom is 0.147 e. The summed E-state index contributed by atoms with van der Waals surface area (Å²) in [5, 5.41) is 11.3. The second-order valence-corrected chi connectivity index (χ2v) is 3.63. The highest BCUT2D eigenvalue weighted by atomic mass is 15.5. The van der Waals surface area contributed by atoms with Gasteiger partial charge in [0.05, 0.1) is 6.20 Å². The first-order chi connectivity index (χ1) is 6.85. The molecular formula is C9H17N5. The van der Waals surface area contributed by atoms with Gasteiger partial charge >= 0.3 is 0 Å². The summed E-state index contributed by atoms with van der Waals surface area (Å²) in [6.07, 6.45) is 3.05. The highest BCUT2D eigenvalue weighted by Gasteiger charge is 2.23. The van der Waals surface area contributed by atoms with E-state index in [-0.39, 0.29) is 0 Å². The Morgan fingerprint density at radius 2 is 2.50 bits per heavy atom. The predicted molar refractivity (Wildman–Crippen MR) is 55.4 cm³/mol. The fourth-order valence-electron chi connectivity index (χ4n) is 1.93. The number of aromatic nitrogens is 3. The van der Waals surface area contributed by atoms with Crippen molar-refractivity contribution in [3.05, 3.63) is 6.20 Å². The molecule has 14 heavy (non-hydrogen) atoms. The van der Waals surface area contributed by atoms with Crippen molar-refractivity contribution in [2.45, 2.75) is 25.9 Å². The van der Waals surface area contributed by atoms with E-state index < -0.39 is 0 Å². The van der Waals surface area contributed by atoms with Crippen LogP contribution in [0.1, 0.15) is 13.3 Å². The van der Waals surface area contributed by atoms with Gasteiger partial charge in [-0.15, -0.1) is 5.10 Å². The zero-order valence-electron chi connectivity index (χ0n) is 8.77. The number of aryl methyl sites for hydroxylation is 1. The van der Waals surface area contributed by atoms with Crippen molar-refractivity contribution in [3.63, 3.8) is 0 Å². The van der Waals surface area contributed by atoms with Crippen LogP contribution in [0.2, 0.25) is 0 Å². The van der Waals surface area contributed by atoms with Gasteiger partial charge in [-0.3, -0.25) is 0 Å². The van der Waals surface area contributed by atoms with Crippen molar-refractivity contribution in [2.24, 2.45) is 0 Å². The van der Waals surface area contributed by atoms with Gasteiger partial charge in [-0.2, -0.15) is 0 Å². The first kappa shape index (κ1) is 9.45. The van der Waals surface area contributed by atoms with Crippen LogP contribution in [0, 0.1) is 0 Å². The van der Waals surface area contributed by atoms with E-state index in [0.717, 1.165) is 25.5 Å². The van der Waals surface area contributed by atoms with Gasteiger partial charge in [-0.05, 0) is 20.4 Å². The van der Waals surface area contributed by atoms with E-state index in [1.807, 2.05) is 17.9 Å². The molecule has 1 N–H and O–H groups in total. The summed E-state index contributed by atoms with van der Waals surface area (Å²) in [6, 6.07) is 0.607. The van der Waals surface area contributed by atoms with Crippen molar-refractivity contribution >= 4 is 5.82 Å². The summed E-state index contributed by atoms with van der Waals surface area (Å²) in [4.78, 5) is 2.34. The smallest absolute Gasteiger partial charge is 0.147 e. The van der Waals surface area contributed by atoms with E-state index in [1.165, 1.54) is 6.42 Å². The largest absolute Gasteiger partial charge is 0.354 e. The summed E-state index contributed by atoms with van der Waals surface area (Å²) in [6.45, 7) is 5.13. The summed E-state index contributed by atoms with van der Waals surface area (Å²) in [5.41, 5.74) is 0. The molecule has 0 radical (unpaired) electrons. The minimum absolute atomic E-state index is 0.607. The summed E-state index contributed by atoms with van der Waals surface area (Å²) in [5.74, 6) is 1.14. The highest BCUT2D eigenvalue weighted by molar-refractivity contribution is 5.37. The van der Waals surface area contributed by atoms with E-state index in [1.54, 1.807) is 0 Å². The summed E-state index contributed by atoms with van der Waals surface area (Å²) < 4.78 is 1.94. The van der Waals surface area contributed by atoms with Crippen LogP contribution in [0.25, 0.3) is 0 Å². The Kier molecular flexibility index (Phi) is 2.67. The number of nitrogens with one attached hydrogen (secondary N) is 1. The molecule has 1 aliphatic rings. The van der Waals surface area contributed by atoms with Crippen LogP contribution < -0.4 is 10.2 Å². The molecule has 78 valence electrons. The zero-order chi connectivity index (χ0) is 9.97. The Hall–Kier alpha value is -1.10. The maximum absolute atomic E-state index is 4.03. The first-order valence-corrected chi connectivity index (χ1v) is 5.16. The molecule has 1 fully saturated rings. The average Bonchev–Trinajstić information content (AvgIpc) is 2.85. The number of rotatable bonds is 3.